The molecule has 0 aliphatic heterocycles. The first-order chi connectivity index (χ1) is 8.58. The Balaban J connectivity index is 2.84. The molecule has 92 valence electrons. The number of nitrogens with zero attached hydrogens (tertiary/aromatic N) is 3. The lowest BCUT2D eigenvalue weighted by Crippen LogP contribution is -2.30. The number of rotatable bonds is 5. The topological polar surface area (TPSA) is 88.1 Å². The third kappa shape index (κ3) is 3.55. The summed E-state index contributed by atoms with van der Waals surface area (Å²) in [6.45, 7) is -0.400. The van der Waals surface area contributed by atoms with Gasteiger partial charge in [0.2, 0.25) is 0 Å². The Hall–Kier alpha value is -2.44. The van der Waals surface area contributed by atoms with Crippen molar-refractivity contribution in [3.63, 3.8) is 0 Å². The highest BCUT2D eigenvalue weighted by Crippen LogP contribution is 2.18. The normalized spacial score (nSPS) is 9.78. The molecule has 1 aromatic carbocycles. The molecule has 0 saturated heterocycles. The summed E-state index contributed by atoms with van der Waals surface area (Å²) in [6.07, 6.45) is 0. The molecule has 6 heteroatoms. The Morgan fingerprint density at radius 3 is 2.50 bits per heavy atom. The van der Waals surface area contributed by atoms with Crippen LogP contribution in [-0.4, -0.2) is 35.4 Å². The van der Waals surface area contributed by atoms with E-state index in [0.29, 0.717) is 0 Å². The molecule has 0 bridgehead atoms. The minimum Gasteiger partial charge on any atom is -0.507 e. The van der Waals surface area contributed by atoms with Gasteiger partial charge in [-0.3, -0.25) is 9.69 Å². The van der Waals surface area contributed by atoms with E-state index >= 15 is 0 Å². The molecule has 0 aliphatic carbocycles. The zero-order valence-electron chi connectivity index (χ0n) is 9.43. The second kappa shape index (κ2) is 6.33. The van der Waals surface area contributed by atoms with E-state index < -0.39 is 11.6 Å². The molecule has 0 saturated carbocycles. The molecule has 18 heavy (non-hydrogen) atoms. The second-order valence-corrected chi connectivity index (χ2v) is 3.55. The van der Waals surface area contributed by atoms with Crippen LogP contribution in [0.25, 0.3) is 0 Å². The van der Waals surface area contributed by atoms with Crippen LogP contribution in [0.5, 0.6) is 5.75 Å². The van der Waals surface area contributed by atoms with E-state index in [1.54, 1.807) is 0 Å². The van der Waals surface area contributed by atoms with Crippen molar-refractivity contribution >= 4 is 5.78 Å². The summed E-state index contributed by atoms with van der Waals surface area (Å²) in [4.78, 5) is 13.1. The smallest absolute Gasteiger partial charge is 0.180 e. The van der Waals surface area contributed by atoms with E-state index in [0.717, 1.165) is 18.2 Å². The summed E-state index contributed by atoms with van der Waals surface area (Å²) in [7, 11) is 0. The molecule has 1 aromatic rings. The number of benzene rings is 1. The van der Waals surface area contributed by atoms with Crippen LogP contribution in [0.2, 0.25) is 0 Å². The van der Waals surface area contributed by atoms with Gasteiger partial charge in [0.15, 0.2) is 5.78 Å². The van der Waals surface area contributed by atoms with E-state index in [4.69, 9.17) is 10.5 Å². The Labute approximate surface area is 103 Å². The van der Waals surface area contributed by atoms with E-state index in [1.165, 1.54) is 4.90 Å². The van der Waals surface area contributed by atoms with Gasteiger partial charge >= 0.3 is 0 Å². The van der Waals surface area contributed by atoms with Gasteiger partial charge < -0.3 is 5.11 Å². The van der Waals surface area contributed by atoms with Gasteiger partial charge in [0.25, 0.3) is 0 Å². The van der Waals surface area contributed by atoms with Gasteiger partial charge in [0.1, 0.15) is 11.6 Å². The molecule has 0 spiro atoms. The molecule has 0 aliphatic rings. The van der Waals surface area contributed by atoms with Crippen molar-refractivity contribution in [1.82, 2.24) is 4.90 Å². The first-order valence-electron chi connectivity index (χ1n) is 5.06. The maximum Gasteiger partial charge on any atom is 0.180 e. The standard InChI is InChI=1S/C12H10FN3O2/c13-9-1-2-11(17)10(7-9)12(18)8-16(5-3-14)6-4-15/h1-2,7,17H,5-6,8H2. The first kappa shape index (κ1) is 13.6. The van der Waals surface area contributed by atoms with E-state index in [-0.39, 0.29) is 30.9 Å². The maximum absolute atomic E-state index is 13.0. The van der Waals surface area contributed by atoms with Crippen LogP contribution in [0.15, 0.2) is 18.2 Å². The summed E-state index contributed by atoms with van der Waals surface area (Å²) >= 11 is 0. The van der Waals surface area contributed by atoms with Gasteiger partial charge in [-0.1, -0.05) is 0 Å². The Kier molecular flexibility index (Phi) is 4.79. The van der Waals surface area contributed by atoms with Crippen molar-refractivity contribution in [2.45, 2.75) is 0 Å². The lowest BCUT2D eigenvalue weighted by molar-refractivity contribution is 0.0943. The van der Waals surface area contributed by atoms with E-state index in [2.05, 4.69) is 0 Å². The zero-order chi connectivity index (χ0) is 13.5. The highest BCUT2D eigenvalue weighted by atomic mass is 19.1. The number of aromatic hydroxyl groups is 1. The van der Waals surface area contributed by atoms with E-state index in [9.17, 15) is 14.3 Å². The second-order valence-electron chi connectivity index (χ2n) is 3.55. The number of carbonyl (C=O) groups excluding carboxylic acids is 1. The van der Waals surface area contributed by atoms with Crippen LogP contribution in [0.4, 0.5) is 4.39 Å². The summed E-state index contributed by atoms with van der Waals surface area (Å²) in [5.41, 5.74) is -0.157. The van der Waals surface area contributed by atoms with Gasteiger partial charge in [0.05, 0.1) is 37.3 Å². The van der Waals surface area contributed by atoms with Crippen LogP contribution in [0.3, 0.4) is 0 Å². The predicted octanol–water partition coefficient (Wildman–Crippen LogP) is 1.06. The first-order valence-corrected chi connectivity index (χ1v) is 5.06. The van der Waals surface area contributed by atoms with Gasteiger partial charge in [-0.05, 0) is 18.2 Å². The molecule has 1 rings (SSSR count). The zero-order valence-corrected chi connectivity index (χ0v) is 9.43. The minimum atomic E-state index is -0.636. The summed E-state index contributed by atoms with van der Waals surface area (Å²) in [5.74, 6) is -1.50. The van der Waals surface area contributed by atoms with Crippen molar-refractivity contribution < 1.29 is 14.3 Å². The summed E-state index contributed by atoms with van der Waals surface area (Å²) < 4.78 is 13.0. The Morgan fingerprint density at radius 2 is 1.94 bits per heavy atom. The molecule has 5 nitrogen and oxygen atoms in total. The van der Waals surface area contributed by atoms with Crippen LogP contribution in [0.1, 0.15) is 10.4 Å². The molecular weight excluding hydrogens is 237 g/mol. The van der Waals surface area contributed by atoms with Crippen molar-refractivity contribution in [3.05, 3.63) is 29.6 Å². The fourth-order valence-electron chi connectivity index (χ4n) is 1.39. The molecule has 0 aromatic heterocycles. The number of hydrogen-bond acceptors (Lipinski definition) is 5. The third-order valence-electron chi connectivity index (χ3n) is 2.21. The number of Topliss-reactive ketones (excluding diaryl/α,β-unsaturated/α-hetero) is 1. The molecule has 0 unspecified atom stereocenters. The number of halogens is 1. The third-order valence-corrected chi connectivity index (χ3v) is 2.21. The number of carbonyl (C=O) groups is 1. The molecule has 0 atom stereocenters. The van der Waals surface area contributed by atoms with Crippen LogP contribution >= 0.6 is 0 Å². The fraction of sp³-hybridized carbons (Fsp3) is 0.250. The van der Waals surface area contributed by atoms with Crippen LogP contribution < -0.4 is 0 Å². The van der Waals surface area contributed by atoms with Gasteiger partial charge in [-0.25, -0.2) is 4.39 Å². The number of nitriles is 2. The molecular formula is C12H10FN3O2. The van der Waals surface area contributed by atoms with Crippen LogP contribution in [0, 0.1) is 28.5 Å². The lowest BCUT2D eigenvalue weighted by Gasteiger charge is -2.14. The molecule has 0 amide bonds. The number of ketones is 1. The SMILES string of the molecule is N#CCN(CC#N)CC(=O)c1cc(F)ccc1O. The van der Waals surface area contributed by atoms with Gasteiger partial charge in [-0.2, -0.15) is 10.5 Å². The van der Waals surface area contributed by atoms with Crippen molar-refractivity contribution in [2.24, 2.45) is 0 Å². The molecule has 0 heterocycles. The number of phenolic OH excluding ortho intramolecular Hbond substituents is 1. The highest BCUT2D eigenvalue weighted by molar-refractivity contribution is 6.00. The quantitative estimate of drug-likeness (QED) is 0.621. The Morgan fingerprint density at radius 1 is 1.33 bits per heavy atom. The predicted molar refractivity (Wildman–Crippen MR) is 60.1 cm³/mol. The highest BCUT2D eigenvalue weighted by Gasteiger charge is 2.16. The average molecular weight is 247 g/mol. The average Bonchev–Trinajstić information content (AvgIpc) is 2.33. The monoisotopic (exact) mass is 247 g/mol. The van der Waals surface area contributed by atoms with Crippen LogP contribution in [-0.2, 0) is 0 Å². The molecule has 0 fully saturated rings. The van der Waals surface area contributed by atoms with E-state index in [1.807, 2.05) is 12.1 Å². The molecule has 1 N–H and O–H groups in total. The van der Waals surface area contributed by atoms with Crippen molar-refractivity contribution in [1.29, 1.82) is 10.5 Å². The number of hydrogen-bond donors (Lipinski definition) is 1. The van der Waals surface area contributed by atoms with Crippen molar-refractivity contribution in [2.75, 3.05) is 19.6 Å². The van der Waals surface area contributed by atoms with Gasteiger partial charge in [-0.15, -0.1) is 0 Å². The molecule has 0 radical (unpaired) electrons. The lowest BCUT2D eigenvalue weighted by atomic mass is 10.1. The minimum absolute atomic E-state index is 0.0879. The maximum atomic E-state index is 13.0. The fourth-order valence-corrected chi connectivity index (χ4v) is 1.39. The van der Waals surface area contributed by atoms with Gasteiger partial charge in [0, 0.05) is 0 Å². The summed E-state index contributed by atoms with van der Waals surface area (Å²) in [5, 5.41) is 26.5. The summed E-state index contributed by atoms with van der Waals surface area (Å²) in [6, 6.07) is 6.69. The largest absolute Gasteiger partial charge is 0.507 e. The Bertz CT molecular complexity index is 515. The number of phenols is 1. The van der Waals surface area contributed by atoms with Crippen molar-refractivity contribution in [3.8, 4) is 17.9 Å².